The summed E-state index contributed by atoms with van der Waals surface area (Å²) in [5.74, 6) is 0.351. The second-order valence-electron chi connectivity index (χ2n) is 7.18. The predicted molar refractivity (Wildman–Crippen MR) is 97.8 cm³/mol. The first-order valence-corrected chi connectivity index (χ1v) is 9.43. The van der Waals surface area contributed by atoms with Crippen molar-refractivity contribution in [1.82, 2.24) is 20.4 Å². The highest BCUT2D eigenvalue weighted by Crippen LogP contribution is 2.30. The van der Waals surface area contributed by atoms with E-state index in [2.05, 4.69) is 40.0 Å². The number of rotatable bonds is 4. The Balaban J connectivity index is 1.37. The Labute approximate surface area is 148 Å². The Morgan fingerprint density at radius 3 is 3.04 bits per heavy atom. The lowest BCUT2D eigenvalue weighted by Crippen LogP contribution is -2.32. The van der Waals surface area contributed by atoms with Gasteiger partial charge in [-0.25, -0.2) is 0 Å². The molecule has 5 nitrogen and oxygen atoms in total. The zero-order chi connectivity index (χ0) is 17.1. The standard InChI is InChI=1S/C20H26N4O/c25-20(19-10-12-24(23-19)17-8-4-11-21-14-17)22-13-16-7-3-6-15-5-1-2-9-18(15)16/h1-2,5,9-10,12,16-17,21H,3-4,6-8,11,13-14H2,(H,22,25). The van der Waals surface area contributed by atoms with Gasteiger partial charge in [-0.15, -0.1) is 0 Å². The van der Waals surface area contributed by atoms with E-state index in [0.29, 0.717) is 24.2 Å². The Bertz CT molecular complexity index is 733. The number of hydrogen-bond acceptors (Lipinski definition) is 3. The number of carbonyl (C=O) groups is 1. The third-order valence-electron chi connectivity index (χ3n) is 5.49. The zero-order valence-electron chi connectivity index (χ0n) is 14.6. The molecule has 1 aromatic heterocycles. The lowest BCUT2D eigenvalue weighted by molar-refractivity contribution is 0.0944. The maximum Gasteiger partial charge on any atom is 0.271 e. The van der Waals surface area contributed by atoms with Gasteiger partial charge in [-0.05, 0) is 55.8 Å². The fourth-order valence-corrected chi connectivity index (χ4v) is 4.09. The van der Waals surface area contributed by atoms with Crippen molar-refractivity contribution < 1.29 is 4.79 Å². The van der Waals surface area contributed by atoms with Crippen LogP contribution in [0.1, 0.15) is 59.3 Å². The third-order valence-corrected chi connectivity index (χ3v) is 5.49. The van der Waals surface area contributed by atoms with E-state index < -0.39 is 0 Å². The molecule has 2 unspecified atom stereocenters. The molecule has 1 fully saturated rings. The molecule has 1 aliphatic carbocycles. The topological polar surface area (TPSA) is 59.0 Å². The second kappa shape index (κ2) is 7.40. The first kappa shape index (κ1) is 16.3. The summed E-state index contributed by atoms with van der Waals surface area (Å²) >= 11 is 0. The number of aryl methyl sites for hydroxylation is 1. The Morgan fingerprint density at radius 2 is 2.16 bits per heavy atom. The van der Waals surface area contributed by atoms with Crippen molar-refractivity contribution in [2.24, 2.45) is 0 Å². The number of fused-ring (bicyclic) bond motifs is 1. The van der Waals surface area contributed by atoms with E-state index in [4.69, 9.17) is 0 Å². The fraction of sp³-hybridized carbons (Fsp3) is 0.500. The molecule has 2 N–H and O–H groups in total. The number of nitrogens with zero attached hydrogens (tertiary/aromatic N) is 2. The van der Waals surface area contributed by atoms with Crippen LogP contribution in [0.2, 0.25) is 0 Å². The zero-order valence-corrected chi connectivity index (χ0v) is 14.6. The van der Waals surface area contributed by atoms with Gasteiger partial charge >= 0.3 is 0 Å². The van der Waals surface area contributed by atoms with Gasteiger partial charge in [0.2, 0.25) is 0 Å². The van der Waals surface area contributed by atoms with Crippen molar-refractivity contribution >= 4 is 5.91 Å². The smallest absolute Gasteiger partial charge is 0.271 e. The number of benzene rings is 1. The van der Waals surface area contributed by atoms with Crippen molar-refractivity contribution in [2.75, 3.05) is 19.6 Å². The van der Waals surface area contributed by atoms with E-state index in [1.165, 1.54) is 17.5 Å². The van der Waals surface area contributed by atoms with E-state index in [1.807, 2.05) is 16.9 Å². The van der Waals surface area contributed by atoms with Crippen molar-refractivity contribution in [1.29, 1.82) is 0 Å². The van der Waals surface area contributed by atoms with Crippen LogP contribution in [0.4, 0.5) is 0 Å². The molecule has 1 aliphatic heterocycles. The lowest BCUT2D eigenvalue weighted by Gasteiger charge is -2.25. The van der Waals surface area contributed by atoms with E-state index in [9.17, 15) is 4.79 Å². The molecule has 0 radical (unpaired) electrons. The molecule has 2 aliphatic rings. The second-order valence-corrected chi connectivity index (χ2v) is 7.18. The molecule has 1 amide bonds. The van der Waals surface area contributed by atoms with Gasteiger partial charge in [-0.3, -0.25) is 9.48 Å². The van der Waals surface area contributed by atoms with Crippen LogP contribution in [0, 0.1) is 0 Å². The normalized spacial score (nSPS) is 23.0. The SMILES string of the molecule is O=C(NCC1CCCc2ccccc21)c1ccn(C2CCCNC2)n1. The number of aromatic nitrogens is 2. The number of piperidine rings is 1. The van der Waals surface area contributed by atoms with Gasteiger partial charge in [0.1, 0.15) is 5.69 Å². The number of nitrogens with one attached hydrogen (secondary N) is 2. The first-order valence-electron chi connectivity index (χ1n) is 9.43. The van der Waals surface area contributed by atoms with Crippen LogP contribution >= 0.6 is 0 Å². The molecular weight excluding hydrogens is 312 g/mol. The summed E-state index contributed by atoms with van der Waals surface area (Å²) in [6.45, 7) is 2.70. The molecule has 1 saturated heterocycles. The van der Waals surface area contributed by atoms with Crippen LogP contribution in [0.3, 0.4) is 0 Å². The molecule has 5 heteroatoms. The summed E-state index contributed by atoms with van der Waals surface area (Å²) in [5.41, 5.74) is 3.35. The molecule has 0 bridgehead atoms. The fourth-order valence-electron chi connectivity index (χ4n) is 4.09. The van der Waals surface area contributed by atoms with Crippen LogP contribution in [0.5, 0.6) is 0 Å². The van der Waals surface area contributed by atoms with E-state index in [-0.39, 0.29) is 5.91 Å². The summed E-state index contributed by atoms with van der Waals surface area (Å²) in [5, 5.41) is 11.0. The summed E-state index contributed by atoms with van der Waals surface area (Å²) in [6, 6.07) is 10.8. The van der Waals surface area contributed by atoms with E-state index >= 15 is 0 Å². The van der Waals surface area contributed by atoms with Crippen molar-refractivity contribution in [3.8, 4) is 0 Å². The van der Waals surface area contributed by atoms with Gasteiger partial charge in [0.15, 0.2) is 0 Å². The molecule has 2 aromatic rings. The lowest BCUT2D eigenvalue weighted by atomic mass is 9.83. The third kappa shape index (κ3) is 3.61. The average molecular weight is 338 g/mol. The van der Waals surface area contributed by atoms with Gasteiger partial charge in [0.25, 0.3) is 5.91 Å². The van der Waals surface area contributed by atoms with Gasteiger partial charge in [0.05, 0.1) is 6.04 Å². The molecule has 4 rings (SSSR count). The van der Waals surface area contributed by atoms with Crippen molar-refractivity contribution in [2.45, 2.75) is 44.1 Å². The largest absolute Gasteiger partial charge is 0.350 e. The maximum atomic E-state index is 12.5. The van der Waals surface area contributed by atoms with Gasteiger partial charge < -0.3 is 10.6 Å². The summed E-state index contributed by atoms with van der Waals surface area (Å²) < 4.78 is 1.94. The van der Waals surface area contributed by atoms with E-state index in [1.54, 1.807) is 0 Å². The average Bonchev–Trinajstić information content (AvgIpc) is 3.17. The number of hydrogen-bond donors (Lipinski definition) is 2. The van der Waals surface area contributed by atoms with Crippen LogP contribution in [-0.2, 0) is 6.42 Å². The van der Waals surface area contributed by atoms with Crippen LogP contribution in [-0.4, -0.2) is 35.3 Å². The molecule has 2 heterocycles. The number of amides is 1. The summed E-state index contributed by atoms with van der Waals surface area (Å²) in [4.78, 5) is 12.5. The van der Waals surface area contributed by atoms with E-state index in [0.717, 1.165) is 38.8 Å². The maximum absolute atomic E-state index is 12.5. The predicted octanol–water partition coefficient (Wildman–Crippen LogP) is 2.66. The van der Waals surface area contributed by atoms with Gasteiger partial charge in [-0.1, -0.05) is 24.3 Å². The Kier molecular flexibility index (Phi) is 4.83. The monoisotopic (exact) mass is 338 g/mol. The molecule has 0 spiro atoms. The van der Waals surface area contributed by atoms with Crippen LogP contribution < -0.4 is 10.6 Å². The Hall–Kier alpha value is -2.14. The van der Waals surface area contributed by atoms with Gasteiger partial charge in [0, 0.05) is 25.2 Å². The van der Waals surface area contributed by atoms with Crippen molar-refractivity contribution in [3.05, 3.63) is 53.3 Å². The molecule has 2 atom stereocenters. The molecule has 132 valence electrons. The Morgan fingerprint density at radius 1 is 1.24 bits per heavy atom. The minimum atomic E-state index is -0.0643. The van der Waals surface area contributed by atoms with Crippen LogP contribution in [0.25, 0.3) is 0 Å². The molecule has 0 saturated carbocycles. The highest BCUT2D eigenvalue weighted by Gasteiger charge is 2.22. The minimum absolute atomic E-state index is 0.0643. The summed E-state index contributed by atoms with van der Waals surface area (Å²) in [7, 11) is 0. The van der Waals surface area contributed by atoms with Crippen molar-refractivity contribution in [3.63, 3.8) is 0 Å². The molecule has 25 heavy (non-hydrogen) atoms. The number of carbonyl (C=O) groups excluding carboxylic acids is 1. The van der Waals surface area contributed by atoms with Gasteiger partial charge in [-0.2, -0.15) is 5.10 Å². The highest BCUT2D eigenvalue weighted by molar-refractivity contribution is 5.92. The molecule has 1 aromatic carbocycles. The minimum Gasteiger partial charge on any atom is -0.350 e. The highest BCUT2D eigenvalue weighted by atomic mass is 16.1. The molecular formula is C20H26N4O. The summed E-state index contributed by atoms with van der Waals surface area (Å²) in [6.07, 6.45) is 7.70. The quantitative estimate of drug-likeness (QED) is 0.901. The van der Waals surface area contributed by atoms with Crippen LogP contribution in [0.15, 0.2) is 36.5 Å². The first-order chi connectivity index (χ1) is 12.3.